The fourth-order valence-corrected chi connectivity index (χ4v) is 4.72. The summed E-state index contributed by atoms with van der Waals surface area (Å²) < 4.78 is 33.9. The second kappa shape index (κ2) is 20.6. The van der Waals surface area contributed by atoms with Crippen molar-refractivity contribution in [3.05, 3.63) is 59.7 Å². The summed E-state index contributed by atoms with van der Waals surface area (Å²) in [5.41, 5.74) is 0.812. The van der Waals surface area contributed by atoms with Crippen molar-refractivity contribution in [1.82, 2.24) is 0 Å². The molecule has 3 aromatic rings. The molecule has 1 aromatic heterocycles. The van der Waals surface area contributed by atoms with Crippen LogP contribution in [0, 0.1) is 0 Å². The number of rotatable bonds is 4. The van der Waals surface area contributed by atoms with Gasteiger partial charge in [0.05, 0.1) is 64.8 Å². The van der Waals surface area contributed by atoms with Gasteiger partial charge in [-0.05, 0) is 70.8 Å². The Hall–Kier alpha value is 0.624. The maximum absolute atomic E-state index is 11.4. The van der Waals surface area contributed by atoms with E-state index in [1.807, 2.05) is 24.3 Å². The Bertz CT molecular complexity index is 1230. The minimum absolute atomic E-state index is 0. The fraction of sp³-hybridized carbons (Fsp3) is 0.357. The molecule has 41 heavy (non-hydrogen) atoms. The van der Waals surface area contributed by atoms with Crippen LogP contribution in [-0.4, -0.2) is 78.0 Å². The van der Waals surface area contributed by atoms with Gasteiger partial charge in [-0.25, -0.2) is 0 Å². The van der Waals surface area contributed by atoms with Crippen molar-refractivity contribution in [1.29, 1.82) is 0 Å². The van der Waals surface area contributed by atoms with Gasteiger partial charge in [0.15, 0.2) is 11.5 Å². The predicted octanol–water partition coefficient (Wildman–Crippen LogP) is -4.35. The van der Waals surface area contributed by atoms with E-state index in [0.717, 1.165) is 16.5 Å². The molecule has 0 radical (unpaired) electrons. The molecular weight excluding hydrogens is 794 g/mol. The number of aromatic carboxylic acids is 2. The number of carboxylic acids is 2. The quantitative estimate of drug-likeness (QED) is 0.255. The van der Waals surface area contributed by atoms with Gasteiger partial charge in [-0.3, -0.25) is 0 Å². The van der Waals surface area contributed by atoms with E-state index in [2.05, 4.69) is 0 Å². The van der Waals surface area contributed by atoms with E-state index in [1.165, 1.54) is 23.5 Å². The number of hydrogen-bond donors (Lipinski definition) is 0. The van der Waals surface area contributed by atoms with Crippen LogP contribution in [0.1, 0.15) is 20.7 Å². The van der Waals surface area contributed by atoms with E-state index in [-0.39, 0.29) is 149 Å². The topological polar surface area (TPSA) is 136 Å². The Labute approximate surface area is 360 Å². The average Bonchev–Trinajstić information content (AvgIpc) is 3.43. The second-order valence-electron chi connectivity index (χ2n) is 8.35. The van der Waals surface area contributed by atoms with E-state index >= 15 is 0 Å². The third kappa shape index (κ3) is 12.5. The van der Waals surface area contributed by atoms with Gasteiger partial charge in [-0.1, -0.05) is 0 Å². The molecule has 0 saturated heterocycles. The summed E-state index contributed by atoms with van der Waals surface area (Å²) in [5, 5.41) is 22.8. The third-order valence-corrected chi connectivity index (χ3v) is 6.79. The van der Waals surface area contributed by atoms with Crippen LogP contribution in [-0.2, 0) is 18.9 Å². The minimum atomic E-state index is -1.47. The zero-order valence-corrected chi connectivity index (χ0v) is 36.6. The first-order valence-electron chi connectivity index (χ1n) is 12.4. The molecule has 0 saturated carbocycles. The number of carboxylic acid groups (broad SMARTS) is 2. The van der Waals surface area contributed by atoms with Gasteiger partial charge in [-0.15, -0.1) is 11.3 Å². The van der Waals surface area contributed by atoms with Crippen molar-refractivity contribution in [2.75, 3.05) is 66.1 Å². The molecule has 4 rings (SSSR count). The number of ether oxygens (including phenoxy) is 6. The predicted molar refractivity (Wildman–Crippen MR) is 138 cm³/mol. The molecule has 0 amide bonds. The van der Waals surface area contributed by atoms with Gasteiger partial charge in [0, 0.05) is 9.75 Å². The van der Waals surface area contributed by atoms with Gasteiger partial charge in [0.2, 0.25) is 0 Å². The molecule has 0 fully saturated rings. The molecule has 0 atom stereocenters. The molecule has 0 bridgehead atoms. The van der Waals surface area contributed by atoms with E-state index < -0.39 is 11.9 Å². The van der Waals surface area contributed by atoms with Crippen molar-refractivity contribution < 1.29 is 186 Å². The summed E-state index contributed by atoms with van der Waals surface area (Å²) in [4.78, 5) is 24.3. The zero-order valence-electron chi connectivity index (χ0n) is 23.2. The number of benzene rings is 2. The van der Waals surface area contributed by atoms with E-state index in [9.17, 15) is 19.8 Å². The largest absolute Gasteiger partial charge is 1.00 e. The summed E-state index contributed by atoms with van der Waals surface area (Å²) in [6, 6.07) is 13.0. The maximum atomic E-state index is 11.4. The summed E-state index contributed by atoms with van der Waals surface area (Å²) >= 11 is 1.37. The molecule has 0 unspecified atom stereocenters. The van der Waals surface area contributed by atoms with Crippen molar-refractivity contribution in [3.8, 4) is 32.4 Å². The van der Waals surface area contributed by atoms with Crippen molar-refractivity contribution in [2.24, 2.45) is 0 Å². The summed E-state index contributed by atoms with van der Waals surface area (Å²) in [5.74, 6) is -1.84. The molecule has 0 aliphatic carbocycles. The SMILES string of the molecule is O=C([O-])c1cc(C(=O)[O-])cc(-c2ccc(-c3ccc4c(c3)OCCOCCOCCOCCOCCO4)s2)c1.[Cs+].[Cs+]. The summed E-state index contributed by atoms with van der Waals surface area (Å²) in [7, 11) is 0. The van der Waals surface area contributed by atoms with Crippen molar-refractivity contribution >= 4 is 23.3 Å². The first-order valence-corrected chi connectivity index (χ1v) is 13.2. The molecule has 208 valence electrons. The summed E-state index contributed by atoms with van der Waals surface area (Å²) in [6.45, 7) is 4.19. The molecule has 2 heterocycles. The normalized spacial score (nSPS) is 15.3. The standard InChI is InChI=1S/C28H30O10S.2Cs/c29-27(30)21-15-20(16-22(17-21)28(31)32)26-4-3-25(39-26)19-1-2-23-24(18-19)38-14-12-36-10-8-34-6-5-33-7-9-35-11-13-37-23;;/h1-4,15-18H,5-14H2,(H,29,30)(H,31,32);;/q;2*+1/p-2. The molecule has 0 spiro atoms. The number of carbonyl (C=O) groups excluding carboxylic acids is 2. The van der Waals surface area contributed by atoms with Crippen molar-refractivity contribution in [2.45, 2.75) is 0 Å². The van der Waals surface area contributed by atoms with Crippen LogP contribution in [0.5, 0.6) is 11.5 Å². The van der Waals surface area contributed by atoms with Crippen LogP contribution in [0.3, 0.4) is 0 Å². The number of thiophene rings is 1. The van der Waals surface area contributed by atoms with Gasteiger partial charge in [0.1, 0.15) is 13.2 Å². The molecular formula is C28H28Cs2O10S. The molecule has 2 aromatic carbocycles. The smallest absolute Gasteiger partial charge is 0.545 e. The zero-order chi connectivity index (χ0) is 27.5. The van der Waals surface area contributed by atoms with Gasteiger partial charge in [0.25, 0.3) is 0 Å². The van der Waals surface area contributed by atoms with E-state index in [0.29, 0.717) is 88.0 Å². The minimum Gasteiger partial charge on any atom is -0.545 e. The Balaban J connectivity index is 0.00000294. The van der Waals surface area contributed by atoms with Gasteiger partial charge >= 0.3 is 138 Å². The maximum Gasteiger partial charge on any atom is 1.00 e. The first-order chi connectivity index (χ1) is 19.0. The molecule has 1 aliphatic heterocycles. The second-order valence-corrected chi connectivity index (χ2v) is 9.43. The van der Waals surface area contributed by atoms with Crippen LogP contribution in [0.2, 0.25) is 0 Å². The van der Waals surface area contributed by atoms with Crippen molar-refractivity contribution in [3.63, 3.8) is 0 Å². The first kappa shape index (κ1) is 37.8. The molecule has 10 nitrogen and oxygen atoms in total. The van der Waals surface area contributed by atoms with Crippen LogP contribution >= 0.6 is 11.3 Å². The number of hydrogen-bond acceptors (Lipinski definition) is 11. The number of fused-ring (bicyclic) bond motifs is 1. The average molecular weight is 822 g/mol. The molecule has 13 heteroatoms. The van der Waals surface area contributed by atoms with Crippen LogP contribution in [0.15, 0.2) is 48.5 Å². The molecule has 0 N–H and O–H groups in total. The fourth-order valence-electron chi connectivity index (χ4n) is 3.73. The van der Waals surface area contributed by atoms with Crippen LogP contribution < -0.4 is 157 Å². The monoisotopic (exact) mass is 822 g/mol. The molecule has 1 aliphatic rings. The number of carbonyl (C=O) groups is 2. The Kier molecular flexibility index (Phi) is 19.0. The van der Waals surface area contributed by atoms with Crippen LogP contribution in [0.25, 0.3) is 20.9 Å². The Morgan fingerprint density at radius 3 is 1.46 bits per heavy atom. The third-order valence-electron chi connectivity index (χ3n) is 5.61. The summed E-state index contributed by atoms with van der Waals surface area (Å²) in [6.07, 6.45) is 0. The Morgan fingerprint density at radius 1 is 0.537 bits per heavy atom. The Morgan fingerprint density at radius 2 is 0.976 bits per heavy atom. The van der Waals surface area contributed by atoms with Gasteiger partial charge < -0.3 is 48.2 Å². The van der Waals surface area contributed by atoms with Gasteiger partial charge in [-0.2, -0.15) is 0 Å². The van der Waals surface area contributed by atoms with E-state index in [4.69, 9.17) is 28.4 Å². The van der Waals surface area contributed by atoms with E-state index in [1.54, 1.807) is 6.07 Å². The van der Waals surface area contributed by atoms with Crippen LogP contribution in [0.4, 0.5) is 0 Å².